The molecular weight excluding hydrogens is 252 g/mol. The van der Waals surface area contributed by atoms with Crippen molar-refractivity contribution in [2.75, 3.05) is 0 Å². The molecule has 0 nitrogen and oxygen atoms in total. The van der Waals surface area contributed by atoms with Gasteiger partial charge in [-0.15, -0.1) is 18.2 Å². The smallest absolute Gasteiger partial charge is 0.0843 e. The summed E-state index contributed by atoms with van der Waals surface area (Å²) >= 11 is 6.79. The first-order valence-corrected chi connectivity index (χ1v) is 7.18. The van der Waals surface area contributed by atoms with Gasteiger partial charge in [0.05, 0.1) is 5.38 Å². The largest absolute Gasteiger partial charge is 0.113 e. The Morgan fingerprint density at radius 3 is 2.63 bits per heavy atom. The number of benzene rings is 2. The highest BCUT2D eigenvalue weighted by Crippen LogP contribution is 2.39. The van der Waals surface area contributed by atoms with Gasteiger partial charge in [0.1, 0.15) is 0 Å². The van der Waals surface area contributed by atoms with Crippen molar-refractivity contribution in [3.05, 3.63) is 82.9 Å². The Morgan fingerprint density at radius 1 is 1.05 bits per heavy atom. The predicted molar refractivity (Wildman–Crippen MR) is 81.9 cm³/mol. The number of hydrogen-bond acceptors (Lipinski definition) is 0. The lowest BCUT2D eigenvalue weighted by Crippen LogP contribution is -2.01. The Labute approximate surface area is 119 Å². The number of rotatable bonds is 2. The van der Waals surface area contributed by atoms with Crippen LogP contribution in [0.4, 0.5) is 0 Å². The SMILES string of the molecule is C=CCc1cccc2c1C(Cl)c1ccccc1CC2. The van der Waals surface area contributed by atoms with Crippen molar-refractivity contribution in [2.45, 2.75) is 24.6 Å². The summed E-state index contributed by atoms with van der Waals surface area (Å²) in [5.41, 5.74) is 6.64. The minimum atomic E-state index is -0.0372. The first-order chi connectivity index (χ1) is 9.31. The Morgan fingerprint density at radius 2 is 1.79 bits per heavy atom. The van der Waals surface area contributed by atoms with Gasteiger partial charge in [0, 0.05) is 0 Å². The number of hydrogen-bond donors (Lipinski definition) is 0. The first kappa shape index (κ1) is 12.5. The van der Waals surface area contributed by atoms with Gasteiger partial charge in [0.15, 0.2) is 0 Å². The van der Waals surface area contributed by atoms with E-state index in [1.165, 1.54) is 27.8 Å². The molecule has 2 aromatic carbocycles. The third kappa shape index (κ3) is 2.21. The number of aryl methyl sites for hydroxylation is 2. The van der Waals surface area contributed by atoms with E-state index in [1.807, 2.05) is 6.08 Å². The van der Waals surface area contributed by atoms with Gasteiger partial charge in [-0.25, -0.2) is 0 Å². The Bertz CT molecular complexity index is 613. The van der Waals surface area contributed by atoms with Gasteiger partial charge in [-0.2, -0.15) is 0 Å². The maximum atomic E-state index is 6.79. The fourth-order valence-corrected chi connectivity index (χ4v) is 3.47. The molecule has 0 spiro atoms. The maximum absolute atomic E-state index is 6.79. The van der Waals surface area contributed by atoms with Crippen LogP contribution in [-0.4, -0.2) is 0 Å². The second-order valence-corrected chi connectivity index (χ2v) is 5.48. The molecule has 3 rings (SSSR count). The van der Waals surface area contributed by atoms with Crippen LogP contribution in [0.25, 0.3) is 0 Å². The van der Waals surface area contributed by atoms with Crippen molar-refractivity contribution >= 4 is 11.6 Å². The van der Waals surface area contributed by atoms with Crippen LogP contribution in [0.15, 0.2) is 55.1 Å². The minimum Gasteiger partial charge on any atom is -0.113 e. The predicted octanol–water partition coefficient (Wildman–Crippen LogP) is 4.84. The monoisotopic (exact) mass is 268 g/mol. The molecule has 1 atom stereocenters. The van der Waals surface area contributed by atoms with Gasteiger partial charge >= 0.3 is 0 Å². The molecule has 0 N–H and O–H groups in total. The summed E-state index contributed by atoms with van der Waals surface area (Å²) in [6.07, 6.45) is 4.98. The molecule has 96 valence electrons. The highest BCUT2D eigenvalue weighted by atomic mass is 35.5. The van der Waals surface area contributed by atoms with E-state index < -0.39 is 0 Å². The molecule has 0 saturated carbocycles. The maximum Gasteiger partial charge on any atom is 0.0843 e. The lowest BCUT2D eigenvalue weighted by molar-refractivity contribution is 0.961. The Kier molecular flexibility index (Phi) is 3.44. The highest BCUT2D eigenvalue weighted by molar-refractivity contribution is 6.23. The first-order valence-electron chi connectivity index (χ1n) is 6.74. The quantitative estimate of drug-likeness (QED) is 0.540. The highest BCUT2D eigenvalue weighted by Gasteiger charge is 2.23. The summed E-state index contributed by atoms with van der Waals surface area (Å²) in [5.74, 6) is 0. The second kappa shape index (κ2) is 5.22. The topological polar surface area (TPSA) is 0 Å². The van der Waals surface area contributed by atoms with Gasteiger partial charge < -0.3 is 0 Å². The Balaban J connectivity index is 2.18. The second-order valence-electron chi connectivity index (χ2n) is 5.04. The normalized spacial score (nSPS) is 17.2. The third-order valence-corrected chi connectivity index (χ3v) is 4.35. The van der Waals surface area contributed by atoms with E-state index >= 15 is 0 Å². The van der Waals surface area contributed by atoms with Crippen LogP contribution in [-0.2, 0) is 19.3 Å². The molecular formula is C18H17Cl. The van der Waals surface area contributed by atoms with E-state index in [9.17, 15) is 0 Å². The van der Waals surface area contributed by atoms with Crippen LogP contribution < -0.4 is 0 Å². The van der Waals surface area contributed by atoms with Gasteiger partial charge in [-0.1, -0.05) is 48.5 Å². The van der Waals surface area contributed by atoms with Gasteiger partial charge in [0.25, 0.3) is 0 Å². The number of allylic oxidation sites excluding steroid dienone is 1. The molecule has 1 unspecified atom stereocenters. The van der Waals surface area contributed by atoms with Crippen LogP contribution in [0.1, 0.15) is 33.2 Å². The van der Waals surface area contributed by atoms with Gasteiger partial charge in [-0.05, 0) is 47.1 Å². The van der Waals surface area contributed by atoms with Gasteiger partial charge in [0.2, 0.25) is 0 Å². The van der Waals surface area contributed by atoms with Crippen LogP contribution in [0.3, 0.4) is 0 Å². The molecule has 0 aromatic heterocycles. The molecule has 0 amide bonds. The molecule has 1 aliphatic rings. The molecule has 0 fully saturated rings. The number of alkyl halides is 1. The summed E-state index contributed by atoms with van der Waals surface area (Å²) in [6, 6.07) is 15.1. The fourth-order valence-electron chi connectivity index (χ4n) is 2.98. The zero-order valence-corrected chi connectivity index (χ0v) is 11.7. The molecule has 1 aliphatic carbocycles. The van der Waals surface area contributed by atoms with E-state index in [0.29, 0.717) is 0 Å². The van der Waals surface area contributed by atoms with E-state index in [0.717, 1.165) is 19.3 Å². The zero-order valence-electron chi connectivity index (χ0n) is 10.9. The summed E-state index contributed by atoms with van der Waals surface area (Å²) < 4.78 is 0. The molecule has 0 saturated heterocycles. The van der Waals surface area contributed by atoms with E-state index in [-0.39, 0.29) is 5.38 Å². The lowest BCUT2D eigenvalue weighted by Gasteiger charge is -2.17. The number of fused-ring (bicyclic) bond motifs is 2. The lowest BCUT2D eigenvalue weighted by atomic mass is 9.93. The minimum absolute atomic E-state index is 0.0372. The van der Waals surface area contributed by atoms with E-state index in [1.54, 1.807) is 0 Å². The Hall–Kier alpha value is -1.53. The van der Waals surface area contributed by atoms with Gasteiger partial charge in [-0.3, -0.25) is 0 Å². The van der Waals surface area contributed by atoms with Crippen molar-refractivity contribution in [1.82, 2.24) is 0 Å². The number of halogens is 1. The van der Waals surface area contributed by atoms with E-state index in [2.05, 4.69) is 49.0 Å². The average Bonchev–Trinajstić information content (AvgIpc) is 2.58. The zero-order chi connectivity index (χ0) is 13.2. The van der Waals surface area contributed by atoms with Crippen molar-refractivity contribution in [3.8, 4) is 0 Å². The summed E-state index contributed by atoms with van der Waals surface area (Å²) in [7, 11) is 0. The molecule has 19 heavy (non-hydrogen) atoms. The third-order valence-electron chi connectivity index (χ3n) is 3.90. The molecule has 1 heteroatoms. The molecule has 0 radical (unpaired) electrons. The van der Waals surface area contributed by atoms with Crippen molar-refractivity contribution in [3.63, 3.8) is 0 Å². The molecule has 0 aliphatic heterocycles. The van der Waals surface area contributed by atoms with Crippen LogP contribution in [0, 0.1) is 0 Å². The van der Waals surface area contributed by atoms with E-state index in [4.69, 9.17) is 11.6 Å². The van der Waals surface area contributed by atoms with Crippen LogP contribution >= 0.6 is 11.6 Å². The standard InChI is InChI=1S/C18H17Cl/c1-2-6-14-8-5-9-15-12-11-13-7-3-4-10-16(13)18(19)17(14)15/h2-5,7-10,18H,1,6,11-12H2. The molecule has 2 aromatic rings. The van der Waals surface area contributed by atoms with Crippen molar-refractivity contribution in [1.29, 1.82) is 0 Å². The summed E-state index contributed by atoms with van der Waals surface area (Å²) in [6.45, 7) is 3.85. The van der Waals surface area contributed by atoms with Crippen molar-refractivity contribution < 1.29 is 0 Å². The summed E-state index contributed by atoms with van der Waals surface area (Å²) in [5, 5.41) is -0.0372. The molecule has 0 bridgehead atoms. The van der Waals surface area contributed by atoms with Crippen molar-refractivity contribution in [2.24, 2.45) is 0 Å². The summed E-state index contributed by atoms with van der Waals surface area (Å²) in [4.78, 5) is 0. The van der Waals surface area contributed by atoms with Crippen LogP contribution in [0.5, 0.6) is 0 Å². The molecule has 0 heterocycles. The average molecular weight is 269 g/mol. The van der Waals surface area contributed by atoms with Crippen LogP contribution in [0.2, 0.25) is 0 Å². The fraction of sp³-hybridized carbons (Fsp3) is 0.222.